The summed E-state index contributed by atoms with van der Waals surface area (Å²) in [6.07, 6.45) is 0. The van der Waals surface area contributed by atoms with Gasteiger partial charge in [0.2, 0.25) is 0 Å². The van der Waals surface area contributed by atoms with E-state index in [4.69, 9.17) is 0 Å². The highest BCUT2D eigenvalue weighted by Gasteiger charge is 2.17. The molecule has 0 N–H and O–H groups in total. The number of hydrogen-bond acceptors (Lipinski definition) is 0. The van der Waals surface area contributed by atoms with Crippen molar-refractivity contribution in [1.29, 1.82) is 0 Å². The zero-order chi connectivity index (χ0) is 42.3. The summed E-state index contributed by atoms with van der Waals surface area (Å²) in [6.45, 7) is 2.17. The highest BCUT2D eigenvalue weighted by atomic mass is 15.0. The molecule has 3 heteroatoms. The van der Waals surface area contributed by atoms with Gasteiger partial charge in [0.1, 0.15) is 0 Å². The van der Waals surface area contributed by atoms with Gasteiger partial charge in [-0.15, -0.1) is 0 Å². The van der Waals surface area contributed by atoms with Crippen LogP contribution in [-0.4, -0.2) is 13.7 Å². The Morgan fingerprint density at radius 3 is 0.938 bits per heavy atom. The van der Waals surface area contributed by atoms with Gasteiger partial charge < -0.3 is 13.7 Å². The van der Waals surface area contributed by atoms with E-state index >= 15 is 0 Å². The largest absolute Gasteiger partial charge is 0.309 e. The van der Waals surface area contributed by atoms with E-state index in [1.807, 2.05) is 0 Å². The SMILES string of the molecule is Cc1ccc2c(c1)c1ccccc1n2-c1ccc(-c2ccc3c(c2)c2ccccc2n3-c2ccc(-c3ccc4c(c3)c3ccccc3n4-c3ccc(-c4ccccc4)cc3)cc2)cc1. The molecule has 0 amide bonds. The van der Waals surface area contributed by atoms with E-state index in [0.29, 0.717) is 0 Å². The normalized spacial score (nSPS) is 11.8. The van der Waals surface area contributed by atoms with E-state index in [2.05, 4.69) is 251 Å². The van der Waals surface area contributed by atoms with Crippen LogP contribution in [0.15, 0.2) is 231 Å². The summed E-state index contributed by atoms with van der Waals surface area (Å²) >= 11 is 0. The van der Waals surface area contributed by atoms with Gasteiger partial charge in [-0.05, 0) is 131 Å². The first kappa shape index (κ1) is 36.3. The molecule has 3 aromatic heterocycles. The van der Waals surface area contributed by atoms with Crippen LogP contribution in [0.2, 0.25) is 0 Å². The van der Waals surface area contributed by atoms with Crippen molar-refractivity contribution in [2.75, 3.05) is 0 Å². The predicted molar refractivity (Wildman–Crippen MR) is 271 cm³/mol. The lowest BCUT2D eigenvalue weighted by atomic mass is 10.0. The fourth-order valence-electron chi connectivity index (χ4n) is 10.3. The number of hydrogen-bond donors (Lipinski definition) is 0. The second kappa shape index (κ2) is 14.3. The average Bonchev–Trinajstić information content (AvgIpc) is 3.99. The van der Waals surface area contributed by atoms with Crippen LogP contribution in [0.25, 0.3) is 116 Å². The Hall–Kier alpha value is -8.40. The first-order valence-electron chi connectivity index (χ1n) is 22.1. The second-order valence-electron chi connectivity index (χ2n) is 17.0. The van der Waals surface area contributed by atoms with Crippen molar-refractivity contribution < 1.29 is 0 Å². The van der Waals surface area contributed by atoms with Gasteiger partial charge >= 0.3 is 0 Å². The maximum absolute atomic E-state index is 2.41. The molecule has 0 saturated heterocycles. The third-order valence-corrected chi connectivity index (χ3v) is 13.3. The number of benzene rings is 10. The first-order valence-corrected chi connectivity index (χ1v) is 22.1. The molecule has 0 radical (unpaired) electrons. The molecule has 0 fully saturated rings. The smallest absolute Gasteiger partial charge is 0.0541 e. The van der Waals surface area contributed by atoms with Crippen LogP contribution < -0.4 is 0 Å². The lowest BCUT2D eigenvalue weighted by molar-refractivity contribution is 1.18. The zero-order valence-electron chi connectivity index (χ0n) is 35.3. The summed E-state index contributed by atoms with van der Waals surface area (Å²) in [5.41, 5.74) is 19.2. The Balaban J connectivity index is 0.843. The summed E-state index contributed by atoms with van der Waals surface area (Å²) in [6, 6.07) is 84.5. The van der Waals surface area contributed by atoms with Gasteiger partial charge in [0.05, 0.1) is 33.1 Å². The molecule has 3 nitrogen and oxygen atoms in total. The van der Waals surface area contributed by atoms with Crippen molar-refractivity contribution in [3.63, 3.8) is 0 Å². The zero-order valence-corrected chi connectivity index (χ0v) is 35.3. The van der Waals surface area contributed by atoms with Gasteiger partial charge in [0.15, 0.2) is 0 Å². The van der Waals surface area contributed by atoms with Crippen molar-refractivity contribution >= 4 is 65.4 Å². The van der Waals surface area contributed by atoms with E-state index in [-0.39, 0.29) is 0 Å². The Morgan fingerprint density at radius 1 is 0.219 bits per heavy atom. The highest BCUT2D eigenvalue weighted by molar-refractivity contribution is 6.12. The molecule has 64 heavy (non-hydrogen) atoms. The van der Waals surface area contributed by atoms with Crippen molar-refractivity contribution in [2.45, 2.75) is 6.92 Å². The standard InChI is InChI=1S/C61H41N3/c1-40-19-34-59-53(37-40)50-13-5-8-16-56(50)62(59)48-30-22-43(23-31-48)45-27-36-61-55(39-45)52-15-7-10-18-58(52)64(61)49-32-24-44(25-33-49)46-26-35-60-54(38-46)51-14-6-9-17-57(51)63(60)47-28-20-42(21-29-47)41-11-3-2-4-12-41/h2-39H,1H3. The molecule has 0 aliphatic carbocycles. The molecule has 10 aromatic carbocycles. The van der Waals surface area contributed by atoms with E-state index in [9.17, 15) is 0 Å². The topological polar surface area (TPSA) is 14.8 Å². The Labute approximate surface area is 370 Å². The summed E-state index contributed by atoms with van der Waals surface area (Å²) in [5.74, 6) is 0. The van der Waals surface area contributed by atoms with Gasteiger partial charge in [-0.1, -0.05) is 145 Å². The van der Waals surface area contributed by atoms with Gasteiger partial charge in [-0.3, -0.25) is 0 Å². The molecule has 0 spiro atoms. The summed E-state index contributed by atoms with van der Waals surface area (Å²) in [5, 5.41) is 7.57. The highest BCUT2D eigenvalue weighted by Crippen LogP contribution is 2.39. The average molecular weight is 816 g/mol. The van der Waals surface area contributed by atoms with E-state index in [0.717, 1.165) is 17.1 Å². The maximum atomic E-state index is 2.41. The molecule has 0 atom stereocenters. The molecular weight excluding hydrogens is 775 g/mol. The molecule has 0 saturated carbocycles. The summed E-state index contributed by atoms with van der Waals surface area (Å²) in [7, 11) is 0. The minimum atomic E-state index is 1.14. The van der Waals surface area contributed by atoms with Crippen LogP contribution in [0.1, 0.15) is 5.56 Å². The van der Waals surface area contributed by atoms with Crippen LogP contribution in [-0.2, 0) is 0 Å². The number of aromatic nitrogens is 3. The van der Waals surface area contributed by atoms with Crippen LogP contribution in [0.3, 0.4) is 0 Å². The Bertz CT molecular complexity index is 3920. The number of rotatable bonds is 6. The number of para-hydroxylation sites is 3. The van der Waals surface area contributed by atoms with Crippen molar-refractivity contribution in [2.24, 2.45) is 0 Å². The Morgan fingerprint density at radius 2 is 0.516 bits per heavy atom. The monoisotopic (exact) mass is 815 g/mol. The minimum absolute atomic E-state index is 1.14. The summed E-state index contributed by atoms with van der Waals surface area (Å²) < 4.78 is 7.19. The number of aryl methyl sites for hydroxylation is 1. The van der Waals surface area contributed by atoms with Crippen LogP contribution in [0.4, 0.5) is 0 Å². The van der Waals surface area contributed by atoms with Gasteiger partial charge in [0, 0.05) is 49.4 Å². The van der Waals surface area contributed by atoms with Crippen LogP contribution in [0.5, 0.6) is 0 Å². The van der Waals surface area contributed by atoms with Crippen molar-refractivity contribution in [3.05, 3.63) is 236 Å². The lowest BCUT2D eigenvalue weighted by Gasteiger charge is -2.11. The van der Waals surface area contributed by atoms with Crippen LogP contribution >= 0.6 is 0 Å². The Kier molecular flexibility index (Phi) is 8.13. The third kappa shape index (κ3) is 5.68. The minimum Gasteiger partial charge on any atom is -0.309 e. The van der Waals surface area contributed by atoms with E-state index < -0.39 is 0 Å². The third-order valence-electron chi connectivity index (χ3n) is 13.3. The fraction of sp³-hybridized carbons (Fsp3) is 0.0164. The quantitative estimate of drug-likeness (QED) is 0.159. The van der Waals surface area contributed by atoms with Crippen molar-refractivity contribution in [3.8, 4) is 50.4 Å². The molecule has 3 heterocycles. The van der Waals surface area contributed by atoms with E-state index in [1.54, 1.807) is 0 Å². The summed E-state index contributed by atoms with van der Waals surface area (Å²) in [4.78, 5) is 0. The van der Waals surface area contributed by atoms with E-state index in [1.165, 1.54) is 104 Å². The van der Waals surface area contributed by atoms with Crippen LogP contribution in [0, 0.1) is 6.92 Å². The maximum Gasteiger partial charge on any atom is 0.0541 e. The molecule has 0 aliphatic heterocycles. The second-order valence-corrected chi connectivity index (χ2v) is 17.0. The predicted octanol–water partition coefficient (Wildman–Crippen LogP) is 16.3. The number of fused-ring (bicyclic) bond motifs is 9. The number of nitrogens with zero attached hydrogens (tertiary/aromatic N) is 3. The molecule has 0 unspecified atom stereocenters. The molecular formula is C61H41N3. The van der Waals surface area contributed by atoms with Gasteiger partial charge in [0.25, 0.3) is 0 Å². The molecule has 300 valence electrons. The molecule has 0 aliphatic rings. The fourth-order valence-corrected chi connectivity index (χ4v) is 10.3. The molecule has 0 bridgehead atoms. The van der Waals surface area contributed by atoms with Crippen molar-refractivity contribution in [1.82, 2.24) is 13.7 Å². The van der Waals surface area contributed by atoms with Gasteiger partial charge in [-0.2, -0.15) is 0 Å². The first-order chi connectivity index (χ1) is 31.6. The van der Waals surface area contributed by atoms with Gasteiger partial charge in [-0.25, -0.2) is 0 Å². The molecule has 13 rings (SSSR count). The lowest BCUT2D eigenvalue weighted by Crippen LogP contribution is -1.94. The molecule has 13 aromatic rings.